The van der Waals surface area contributed by atoms with Crippen LogP contribution in [0.1, 0.15) is 47.2 Å². The predicted octanol–water partition coefficient (Wildman–Crippen LogP) is 5.98. The smallest absolute Gasteiger partial charge is 0.407 e. The van der Waals surface area contributed by atoms with Crippen molar-refractivity contribution in [1.82, 2.24) is 15.5 Å². The van der Waals surface area contributed by atoms with Crippen LogP contribution in [0.4, 0.5) is 4.79 Å². The maximum Gasteiger partial charge on any atom is 0.407 e. The number of benzene rings is 4. The maximum absolute atomic E-state index is 14.0. The highest BCUT2D eigenvalue weighted by Crippen LogP contribution is 2.40. The normalized spacial score (nSPS) is 16.4. The van der Waals surface area contributed by atoms with E-state index in [9.17, 15) is 19.5 Å². The molecule has 49 heavy (non-hydrogen) atoms. The fourth-order valence-corrected chi connectivity index (χ4v) is 7.29. The molecule has 9 heteroatoms. The van der Waals surface area contributed by atoms with E-state index >= 15 is 0 Å². The zero-order valence-corrected chi connectivity index (χ0v) is 29.1. The van der Waals surface area contributed by atoms with Crippen LogP contribution in [0.15, 0.2) is 109 Å². The van der Waals surface area contributed by atoms with Crippen molar-refractivity contribution in [2.24, 2.45) is 0 Å². The molecule has 3 amide bonds. The summed E-state index contributed by atoms with van der Waals surface area (Å²) in [5, 5.41) is 17.3. The SMILES string of the molecule is Cc1ccccc1CNC(=O)C1N(C(=O)C(O)C(Cc2ccccc2)NC(=O)OCc2ccccc2CCc2ccccc2)CSC1(C)C. The summed E-state index contributed by atoms with van der Waals surface area (Å²) in [6.07, 6.45) is -0.529. The second-order valence-electron chi connectivity index (χ2n) is 12.9. The first-order chi connectivity index (χ1) is 23.6. The van der Waals surface area contributed by atoms with Crippen molar-refractivity contribution < 1.29 is 24.2 Å². The van der Waals surface area contributed by atoms with Crippen LogP contribution in [0.25, 0.3) is 0 Å². The van der Waals surface area contributed by atoms with Crippen LogP contribution < -0.4 is 10.6 Å². The van der Waals surface area contributed by atoms with Gasteiger partial charge in [-0.3, -0.25) is 9.59 Å². The maximum atomic E-state index is 14.0. The summed E-state index contributed by atoms with van der Waals surface area (Å²) in [6.45, 7) is 6.19. The summed E-state index contributed by atoms with van der Waals surface area (Å²) in [4.78, 5) is 42.3. The van der Waals surface area contributed by atoms with Gasteiger partial charge in [0.2, 0.25) is 5.91 Å². The minimum Gasteiger partial charge on any atom is -0.445 e. The molecule has 8 nitrogen and oxygen atoms in total. The number of carbonyl (C=O) groups is 3. The van der Waals surface area contributed by atoms with Crippen molar-refractivity contribution in [1.29, 1.82) is 0 Å². The minimum absolute atomic E-state index is 0.0407. The van der Waals surface area contributed by atoms with Gasteiger partial charge in [-0.15, -0.1) is 11.8 Å². The van der Waals surface area contributed by atoms with E-state index < -0.39 is 34.9 Å². The fraction of sp³-hybridized carbons (Fsp3) is 0.325. The van der Waals surface area contributed by atoms with Gasteiger partial charge >= 0.3 is 6.09 Å². The van der Waals surface area contributed by atoms with Gasteiger partial charge in [-0.2, -0.15) is 0 Å². The summed E-state index contributed by atoms with van der Waals surface area (Å²) < 4.78 is 5.07. The fourth-order valence-electron chi connectivity index (χ4n) is 6.15. The molecule has 4 aromatic carbocycles. The van der Waals surface area contributed by atoms with Crippen LogP contribution in [-0.4, -0.2) is 56.7 Å². The zero-order chi connectivity index (χ0) is 34.8. The summed E-state index contributed by atoms with van der Waals surface area (Å²) >= 11 is 1.47. The van der Waals surface area contributed by atoms with Gasteiger partial charge in [0.05, 0.1) is 11.9 Å². The highest BCUT2D eigenvalue weighted by Gasteiger charge is 2.49. The molecule has 1 heterocycles. The van der Waals surface area contributed by atoms with E-state index in [1.165, 1.54) is 22.2 Å². The molecule has 0 aromatic heterocycles. The molecule has 0 radical (unpaired) electrons. The second kappa shape index (κ2) is 16.7. The molecular weight excluding hydrogens is 635 g/mol. The number of aryl methyl sites for hydroxylation is 3. The van der Waals surface area contributed by atoms with E-state index in [0.29, 0.717) is 6.54 Å². The third-order valence-electron chi connectivity index (χ3n) is 9.03. The molecule has 256 valence electrons. The van der Waals surface area contributed by atoms with Crippen LogP contribution in [0, 0.1) is 6.92 Å². The molecule has 1 fully saturated rings. The molecule has 0 saturated carbocycles. The van der Waals surface area contributed by atoms with Crippen molar-refractivity contribution >= 4 is 29.7 Å². The lowest BCUT2D eigenvalue weighted by atomic mass is 9.97. The number of carbonyl (C=O) groups excluding carboxylic acids is 3. The Morgan fingerprint density at radius 3 is 2.10 bits per heavy atom. The van der Waals surface area contributed by atoms with Crippen LogP contribution in [0.2, 0.25) is 0 Å². The summed E-state index contributed by atoms with van der Waals surface area (Å²) in [5.41, 5.74) is 6.07. The molecule has 1 aliphatic heterocycles. The van der Waals surface area contributed by atoms with E-state index in [-0.39, 0.29) is 24.8 Å². The quantitative estimate of drug-likeness (QED) is 0.161. The standard InChI is InChI=1S/C40H45N3O5S/c1-28-14-10-11-20-32(28)25-41-37(45)36-40(2,3)49-27-43(36)38(46)35(44)34(24-30-17-8-5-9-18-30)42-39(47)48-26-33-21-13-12-19-31(33)23-22-29-15-6-4-7-16-29/h4-21,34-36,44H,22-27H2,1-3H3,(H,41,45)(H,42,47). The summed E-state index contributed by atoms with van der Waals surface area (Å²) in [5.74, 6) is -0.688. The highest BCUT2D eigenvalue weighted by atomic mass is 32.2. The zero-order valence-electron chi connectivity index (χ0n) is 28.3. The van der Waals surface area contributed by atoms with Gasteiger partial charge in [0.15, 0.2) is 6.10 Å². The highest BCUT2D eigenvalue weighted by molar-refractivity contribution is 8.00. The van der Waals surface area contributed by atoms with Crippen molar-refractivity contribution in [3.05, 3.63) is 143 Å². The van der Waals surface area contributed by atoms with Gasteiger partial charge < -0.3 is 25.4 Å². The van der Waals surface area contributed by atoms with Crippen molar-refractivity contribution in [3.8, 4) is 0 Å². The van der Waals surface area contributed by atoms with E-state index in [1.54, 1.807) is 0 Å². The molecule has 3 N–H and O–H groups in total. The second-order valence-corrected chi connectivity index (χ2v) is 14.5. The molecule has 1 saturated heterocycles. The van der Waals surface area contributed by atoms with Gasteiger partial charge in [0.1, 0.15) is 12.6 Å². The van der Waals surface area contributed by atoms with Crippen LogP contribution >= 0.6 is 11.8 Å². The number of aliphatic hydroxyl groups is 1. The Balaban J connectivity index is 1.26. The van der Waals surface area contributed by atoms with Crippen LogP contribution in [0.5, 0.6) is 0 Å². The predicted molar refractivity (Wildman–Crippen MR) is 194 cm³/mol. The number of rotatable bonds is 13. The number of nitrogens with one attached hydrogen (secondary N) is 2. The van der Waals surface area contributed by atoms with E-state index in [0.717, 1.165) is 40.7 Å². The van der Waals surface area contributed by atoms with Crippen molar-refractivity contribution in [2.75, 3.05) is 5.88 Å². The Hall–Kier alpha value is -4.60. The van der Waals surface area contributed by atoms with E-state index in [1.807, 2.05) is 118 Å². The average molecular weight is 680 g/mol. The number of ether oxygens (including phenoxy) is 1. The third-order valence-corrected chi connectivity index (χ3v) is 10.4. The van der Waals surface area contributed by atoms with Gasteiger partial charge in [0, 0.05) is 11.3 Å². The number of amides is 3. The Kier molecular flexibility index (Phi) is 12.2. The Bertz CT molecular complexity index is 1720. The van der Waals surface area contributed by atoms with Gasteiger partial charge in [0.25, 0.3) is 5.91 Å². The first kappa shape index (κ1) is 35.7. The Morgan fingerprint density at radius 1 is 0.837 bits per heavy atom. The number of alkyl carbamates (subject to hydrolysis) is 1. The topological polar surface area (TPSA) is 108 Å². The molecular formula is C40H45N3O5S. The van der Waals surface area contributed by atoms with Gasteiger partial charge in [-0.05, 0) is 73.4 Å². The Morgan fingerprint density at radius 2 is 1.43 bits per heavy atom. The Labute approximate surface area is 293 Å². The van der Waals surface area contributed by atoms with E-state index in [2.05, 4.69) is 22.8 Å². The summed E-state index contributed by atoms with van der Waals surface area (Å²) in [7, 11) is 0. The lowest BCUT2D eigenvalue weighted by Gasteiger charge is -2.33. The van der Waals surface area contributed by atoms with Crippen molar-refractivity contribution in [2.45, 2.75) is 76.1 Å². The number of hydrogen-bond donors (Lipinski definition) is 3. The molecule has 0 bridgehead atoms. The molecule has 0 aliphatic carbocycles. The number of hydrogen-bond acceptors (Lipinski definition) is 6. The van der Waals surface area contributed by atoms with E-state index in [4.69, 9.17) is 4.74 Å². The largest absolute Gasteiger partial charge is 0.445 e. The average Bonchev–Trinajstić information content (AvgIpc) is 3.44. The van der Waals surface area contributed by atoms with Crippen LogP contribution in [0.3, 0.4) is 0 Å². The molecule has 5 rings (SSSR count). The monoisotopic (exact) mass is 679 g/mol. The lowest BCUT2D eigenvalue weighted by molar-refractivity contribution is -0.147. The molecule has 1 aliphatic rings. The number of nitrogens with zero attached hydrogens (tertiary/aromatic N) is 1. The minimum atomic E-state index is -1.62. The molecule has 0 spiro atoms. The number of aliphatic hydroxyl groups excluding tert-OH is 1. The third kappa shape index (κ3) is 9.52. The first-order valence-electron chi connectivity index (χ1n) is 16.6. The molecule has 4 aromatic rings. The van der Waals surface area contributed by atoms with Gasteiger partial charge in [-0.1, -0.05) is 109 Å². The lowest BCUT2D eigenvalue weighted by Crippen LogP contribution is -2.58. The molecule has 3 unspecified atom stereocenters. The summed E-state index contributed by atoms with van der Waals surface area (Å²) in [6, 6.07) is 33.4. The van der Waals surface area contributed by atoms with Crippen LogP contribution in [-0.2, 0) is 46.7 Å². The van der Waals surface area contributed by atoms with Crippen molar-refractivity contribution in [3.63, 3.8) is 0 Å². The first-order valence-corrected chi connectivity index (χ1v) is 17.6. The van der Waals surface area contributed by atoms with Gasteiger partial charge in [-0.25, -0.2) is 4.79 Å². The molecule has 3 atom stereocenters. The number of thioether (sulfide) groups is 1.